The zero-order valence-electron chi connectivity index (χ0n) is 14.6. The van der Waals surface area contributed by atoms with Crippen LogP contribution in [0.2, 0.25) is 0 Å². The Morgan fingerprint density at radius 2 is 1.91 bits per heavy atom. The number of aryl methyl sites for hydroxylation is 2. The van der Waals surface area contributed by atoms with E-state index < -0.39 is 0 Å². The van der Waals surface area contributed by atoms with E-state index in [4.69, 9.17) is 0 Å². The van der Waals surface area contributed by atoms with Gasteiger partial charge in [-0.3, -0.25) is 9.69 Å². The van der Waals surface area contributed by atoms with Gasteiger partial charge < -0.3 is 5.32 Å². The van der Waals surface area contributed by atoms with E-state index in [9.17, 15) is 4.79 Å². The lowest BCUT2D eigenvalue weighted by Gasteiger charge is -2.35. The molecule has 1 atom stereocenters. The second kappa shape index (κ2) is 7.48. The number of rotatable bonds is 4. The average Bonchev–Trinajstić information content (AvgIpc) is 2.59. The molecule has 0 saturated carbocycles. The van der Waals surface area contributed by atoms with Crippen molar-refractivity contribution in [1.82, 2.24) is 10.2 Å². The van der Waals surface area contributed by atoms with Gasteiger partial charge in [-0.05, 0) is 87.7 Å². The van der Waals surface area contributed by atoms with Crippen molar-refractivity contribution in [3.05, 3.63) is 34.9 Å². The van der Waals surface area contributed by atoms with Crippen LogP contribution in [0, 0.1) is 5.92 Å². The summed E-state index contributed by atoms with van der Waals surface area (Å²) in [5.74, 6) is 0.930. The molecule has 1 amide bonds. The van der Waals surface area contributed by atoms with Gasteiger partial charge in [-0.2, -0.15) is 0 Å². The minimum atomic E-state index is 0.0793. The first kappa shape index (κ1) is 16.5. The van der Waals surface area contributed by atoms with Gasteiger partial charge in [0.25, 0.3) is 5.91 Å². The van der Waals surface area contributed by atoms with Crippen LogP contribution >= 0.6 is 0 Å². The van der Waals surface area contributed by atoms with Gasteiger partial charge in [-0.25, -0.2) is 0 Å². The zero-order chi connectivity index (χ0) is 16.2. The molecule has 23 heavy (non-hydrogen) atoms. The van der Waals surface area contributed by atoms with Crippen molar-refractivity contribution >= 4 is 5.91 Å². The number of nitrogens with one attached hydrogen (secondary N) is 1. The third kappa shape index (κ3) is 4.14. The smallest absolute Gasteiger partial charge is 0.251 e. The van der Waals surface area contributed by atoms with Crippen LogP contribution in [0.3, 0.4) is 0 Å². The van der Waals surface area contributed by atoms with Crippen LogP contribution in [0.4, 0.5) is 0 Å². The van der Waals surface area contributed by atoms with E-state index in [1.807, 2.05) is 6.07 Å². The van der Waals surface area contributed by atoms with Crippen molar-refractivity contribution < 1.29 is 4.79 Å². The van der Waals surface area contributed by atoms with Gasteiger partial charge in [-0.15, -0.1) is 0 Å². The van der Waals surface area contributed by atoms with Gasteiger partial charge in [0.2, 0.25) is 0 Å². The Morgan fingerprint density at radius 1 is 1.22 bits per heavy atom. The number of carbonyl (C=O) groups excluding carboxylic acids is 1. The van der Waals surface area contributed by atoms with Crippen molar-refractivity contribution in [2.75, 3.05) is 19.6 Å². The molecule has 0 aromatic heterocycles. The lowest BCUT2D eigenvalue weighted by Crippen LogP contribution is -2.45. The van der Waals surface area contributed by atoms with Crippen molar-refractivity contribution in [2.45, 2.75) is 58.4 Å². The van der Waals surface area contributed by atoms with Crippen LogP contribution in [0.15, 0.2) is 18.2 Å². The fraction of sp³-hybridized carbons (Fsp3) is 0.650. The quantitative estimate of drug-likeness (QED) is 0.923. The molecule has 1 aromatic carbocycles. The Labute approximate surface area is 140 Å². The van der Waals surface area contributed by atoms with Crippen molar-refractivity contribution in [3.63, 3.8) is 0 Å². The van der Waals surface area contributed by atoms with E-state index >= 15 is 0 Å². The van der Waals surface area contributed by atoms with Crippen LogP contribution in [0.5, 0.6) is 0 Å². The summed E-state index contributed by atoms with van der Waals surface area (Å²) in [4.78, 5) is 14.9. The maximum atomic E-state index is 12.4. The highest BCUT2D eigenvalue weighted by atomic mass is 16.1. The van der Waals surface area contributed by atoms with E-state index in [2.05, 4.69) is 36.2 Å². The number of benzene rings is 1. The highest BCUT2D eigenvalue weighted by molar-refractivity contribution is 5.94. The van der Waals surface area contributed by atoms with Crippen LogP contribution < -0.4 is 5.32 Å². The molecule has 1 aromatic rings. The summed E-state index contributed by atoms with van der Waals surface area (Å²) in [6.07, 6.45) is 7.39. The van der Waals surface area contributed by atoms with E-state index in [0.29, 0.717) is 6.04 Å². The van der Waals surface area contributed by atoms with E-state index in [1.54, 1.807) is 0 Å². The normalized spacial score (nSPS) is 20.8. The lowest BCUT2D eigenvalue weighted by molar-refractivity contribution is 0.0921. The van der Waals surface area contributed by atoms with Crippen LogP contribution in [0.25, 0.3) is 0 Å². The first-order valence-corrected chi connectivity index (χ1v) is 9.27. The number of fused-ring (bicyclic) bond motifs is 1. The van der Waals surface area contributed by atoms with Gasteiger partial charge >= 0.3 is 0 Å². The van der Waals surface area contributed by atoms with Crippen molar-refractivity contribution in [3.8, 4) is 0 Å². The molecule has 3 rings (SSSR count). The minimum Gasteiger partial charge on any atom is -0.350 e. The number of hydrogen-bond donors (Lipinski definition) is 1. The summed E-state index contributed by atoms with van der Waals surface area (Å²) >= 11 is 0. The molecule has 3 nitrogen and oxygen atoms in total. The summed E-state index contributed by atoms with van der Waals surface area (Å²) in [6.45, 7) is 7.63. The molecule has 0 bridgehead atoms. The van der Waals surface area contributed by atoms with Crippen LogP contribution in [-0.4, -0.2) is 36.5 Å². The third-order valence-electron chi connectivity index (χ3n) is 5.61. The molecular weight excluding hydrogens is 284 g/mol. The van der Waals surface area contributed by atoms with Crippen LogP contribution in [-0.2, 0) is 12.8 Å². The molecule has 1 fully saturated rings. The lowest BCUT2D eigenvalue weighted by atomic mass is 9.90. The van der Waals surface area contributed by atoms with Gasteiger partial charge in [0.05, 0.1) is 0 Å². The van der Waals surface area contributed by atoms with Crippen LogP contribution in [0.1, 0.15) is 61.0 Å². The standard InChI is InChI=1S/C20H30N2O/c1-15-9-11-22(12-10-15)16(2)14-21-20(23)19-8-7-17-5-3-4-6-18(17)13-19/h7-8,13,15-16H,3-6,9-12,14H2,1-2H3,(H,21,23). The summed E-state index contributed by atoms with van der Waals surface area (Å²) in [7, 11) is 0. The molecule has 3 heteroatoms. The second-order valence-corrected chi connectivity index (χ2v) is 7.47. The Morgan fingerprint density at radius 3 is 2.65 bits per heavy atom. The number of hydrogen-bond acceptors (Lipinski definition) is 2. The summed E-state index contributed by atoms with van der Waals surface area (Å²) < 4.78 is 0. The summed E-state index contributed by atoms with van der Waals surface area (Å²) in [6, 6.07) is 6.67. The van der Waals surface area contributed by atoms with Gasteiger partial charge in [0.1, 0.15) is 0 Å². The molecule has 0 spiro atoms. The Kier molecular flexibility index (Phi) is 5.37. The molecule has 1 unspecified atom stereocenters. The molecule has 0 radical (unpaired) electrons. The minimum absolute atomic E-state index is 0.0793. The molecule has 1 saturated heterocycles. The number of likely N-dealkylation sites (tertiary alicyclic amines) is 1. The first-order chi connectivity index (χ1) is 11.1. The second-order valence-electron chi connectivity index (χ2n) is 7.47. The molecule has 1 aliphatic heterocycles. The SMILES string of the molecule is CC1CCN(C(C)CNC(=O)c2ccc3c(c2)CCCC3)CC1. The third-order valence-corrected chi connectivity index (χ3v) is 5.61. The monoisotopic (exact) mass is 314 g/mol. The number of piperidine rings is 1. The molecule has 126 valence electrons. The number of nitrogens with zero attached hydrogens (tertiary/aromatic N) is 1. The summed E-state index contributed by atoms with van der Waals surface area (Å²) in [5, 5.41) is 3.13. The highest BCUT2D eigenvalue weighted by Gasteiger charge is 2.21. The average molecular weight is 314 g/mol. The fourth-order valence-electron chi connectivity index (χ4n) is 3.82. The van der Waals surface area contributed by atoms with E-state index in [-0.39, 0.29) is 5.91 Å². The van der Waals surface area contributed by atoms with Crippen molar-refractivity contribution in [2.24, 2.45) is 5.92 Å². The molecule has 1 N–H and O–H groups in total. The fourth-order valence-corrected chi connectivity index (χ4v) is 3.82. The summed E-state index contributed by atoms with van der Waals surface area (Å²) in [5.41, 5.74) is 3.63. The molecule has 1 heterocycles. The largest absolute Gasteiger partial charge is 0.350 e. The number of amides is 1. The van der Waals surface area contributed by atoms with E-state index in [0.717, 1.165) is 37.5 Å². The molecule has 1 aliphatic carbocycles. The van der Waals surface area contributed by atoms with E-state index in [1.165, 1.54) is 43.2 Å². The predicted octanol–water partition coefficient (Wildman–Crippen LogP) is 3.42. The highest BCUT2D eigenvalue weighted by Crippen LogP contribution is 2.22. The number of carbonyl (C=O) groups is 1. The Bertz CT molecular complexity index is 547. The predicted molar refractivity (Wildman–Crippen MR) is 94.9 cm³/mol. The van der Waals surface area contributed by atoms with Gasteiger partial charge in [0, 0.05) is 18.2 Å². The first-order valence-electron chi connectivity index (χ1n) is 9.27. The topological polar surface area (TPSA) is 32.3 Å². The Balaban J connectivity index is 1.53. The Hall–Kier alpha value is -1.35. The van der Waals surface area contributed by atoms with Crippen molar-refractivity contribution in [1.29, 1.82) is 0 Å². The molecular formula is C20H30N2O. The maximum Gasteiger partial charge on any atom is 0.251 e. The molecule has 2 aliphatic rings. The zero-order valence-corrected chi connectivity index (χ0v) is 14.6. The van der Waals surface area contributed by atoms with Gasteiger partial charge in [0.15, 0.2) is 0 Å². The van der Waals surface area contributed by atoms with Gasteiger partial charge in [-0.1, -0.05) is 13.0 Å². The maximum absolute atomic E-state index is 12.4.